The van der Waals surface area contributed by atoms with Crippen LogP contribution in [0.25, 0.3) is 0 Å². The number of hydrogen-bond acceptors (Lipinski definition) is 0. The van der Waals surface area contributed by atoms with E-state index in [4.69, 9.17) is 0 Å². The van der Waals surface area contributed by atoms with Gasteiger partial charge in [0, 0.05) is 0 Å². The predicted octanol–water partition coefficient (Wildman–Crippen LogP) is 5.13. The van der Waals surface area contributed by atoms with Crippen LogP contribution in [-0.4, -0.2) is 8.07 Å². The van der Waals surface area contributed by atoms with Gasteiger partial charge in [-0.2, -0.15) is 0 Å². The van der Waals surface area contributed by atoms with Crippen LogP contribution in [0, 0.1) is 0 Å². The molecule has 1 aliphatic heterocycles. The van der Waals surface area contributed by atoms with Gasteiger partial charge in [0.2, 0.25) is 0 Å². The highest BCUT2D eigenvalue weighted by Gasteiger charge is 2.45. The fraction of sp³-hybridized carbons (Fsp3) is 0.333. The number of hydrogen-bond donors (Lipinski definition) is 0. The maximum absolute atomic E-state index is 2.58. The van der Waals surface area contributed by atoms with Gasteiger partial charge in [-0.25, -0.2) is 0 Å². The largest absolute Gasteiger partial charge is 0.0684 e. The molecular weight excluding hydrogens is 244 g/mol. The molecule has 1 aliphatic rings. The zero-order chi connectivity index (χ0) is 13.3. The summed E-state index contributed by atoms with van der Waals surface area (Å²) in [5.41, 5.74) is 4.77. The first kappa shape index (κ1) is 12.7. The third kappa shape index (κ3) is 2.28. The van der Waals surface area contributed by atoms with E-state index < -0.39 is 8.07 Å². The molecule has 0 spiro atoms. The average molecular weight is 266 g/mol. The molecule has 0 saturated carbocycles. The Labute approximate surface area is 117 Å². The first-order valence-corrected chi connectivity index (χ1v) is 10.4. The van der Waals surface area contributed by atoms with E-state index >= 15 is 0 Å². The summed E-state index contributed by atoms with van der Waals surface area (Å²) in [6.07, 6.45) is 2.73. The average Bonchev–Trinajstić information content (AvgIpc) is 2.76. The van der Waals surface area contributed by atoms with Gasteiger partial charge in [0.25, 0.3) is 0 Å². The minimum Gasteiger partial charge on any atom is -0.0684 e. The molecular formula is C18H22Si. The summed E-state index contributed by atoms with van der Waals surface area (Å²) in [6.45, 7) is 5.16. The van der Waals surface area contributed by atoms with Crippen molar-refractivity contribution in [3.63, 3.8) is 0 Å². The molecule has 1 heterocycles. The Hall–Kier alpha value is -1.34. The normalized spacial score (nSPS) is 25.4. The van der Waals surface area contributed by atoms with E-state index in [0.717, 1.165) is 11.1 Å². The maximum atomic E-state index is 2.58. The molecule has 1 heteroatoms. The number of rotatable bonds is 2. The van der Waals surface area contributed by atoms with E-state index in [-0.39, 0.29) is 0 Å². The van der Waals surface area contributed by atoms with Crippen LogP contribution in [-0.2, 0) is 0 Å². The third-order valence-electron chi connectivity index (χ3n) is 4.94. The van der Waals surface area contributed by atoms with Crippen LogP contribution in [0.15, 0.2) is 60.7 Å². The Kier molecular flexibility index (Phi) is 3.32. The Morgan fingerprint density at radius 1 is 0.684 bits per heavy atom. The standard InChI is InChI=1S/C18H22Si/c1-19(2)17(15-9-5-3-6-10-15)13-14-18(19)16-11-7-4-8-12-16/h3-12,17-18H,13-14H2,1-2H3. The van der Waals surface area contributed by atoms with Crippen LogP contribution >= 0.6 is 0 Å². The first-order valence-electron chi connectivity index (χ1n) is 7.29. The van der Waals surface area contributed by atoms with E-state index in [1.54, 1.807) is 11.1 Å². The van der Waals surface area contributed by atoms with Gasteiger partial charge in [0.15, 0.2) is 0 Å². The lowest BCUT2D eigenvalue weighted by Gasteiger charge is -2.31. The van der Waals surface area contributed by atoms with Crippen molar-refractivity contribution >= 4 is 8.07 Å². The van der Waals surface area contributed by atoms with E-state index in [9.17, 15) is 0 Å². The lowest BCUT2D eigenvalue weighted by atomic mass is 10.0. The first-order chi connectivity index (χ1) is 9.19. The third-order valence-corrected chi connectivity index (χ3v) is 9.78. The molecule has 1 saturated heterocycles. The van der Waals surface area contributed by atoms with E-state index in [0.29, 0.717) is 0 Å². The second-order valence-corrected chi connectivity index (χ2v) is 11.4. The molecule has 1 fully saturated rings. The van der Waals surface area contributed by atoms with Crippen molar-refractivity contribution in [2.24, 2.45) is 0 Å². The summed E-state index contributed by atoms with van der Waals surface area (Å²) in [5, 5.41) is 0. The fourth-order valence-corrected chi connectivity index (χ4v) is 8.29. The molecule has 19 heavy (non-hydrogen) atoms. The zero-order valence-corrected chi connectivity index (χ0v) is 12.8. The summed E-state index contributed by atoms with van der Waals surface area (Å²) in [7, 11) is -1.28. The Balaban J connectivity index is 1.92. The van der Waals surface area contributed by atoms with Crippen LogP contribution < -0.4 is 0 Å². The van der Waals surface area contributed by atoms with Crippen LogP contribution in [0.4, 0.5) is 0 Å². The minimum atomic E-state index is -1.28. The lowest BCUT2D eigenvalue weighted by Crippen LogP contribution is -2.36. The predicted molar refractivity (Wildman–Crippen MR) is 85.1 cm³/mol. The molecule has 0 aliphatic carbocycles. The molecule has 0 nitrogen and oxygen atoms in total. The van der Waals surface area contributed by atoms with Crippen LogP contribution in [0.2, 0.25) is 13.1 Å². The van der Waals surface area contributed by atoms with Gasteiger partial charge in [-0.3, -0.25) is 0 Å². The second kappa shape index (κ2) is 4.97. The van der Waals surface area contributed by atoms with E-state index in [1.807, 2.05) is 0 Å². The fourth-order valence-electron chi connectivity index (χ4n) is 3.88. The van der Waals surface area contributed by atoms with Crippen molar-refractivity contribution in [2.45, 2.75) is 37.0 Å². The molecule has 0 radical (unpaired) electrons. The van der Waals surface area contributed by atoms with Crippen LogP contribution in [0.3, 0.4) is 0 Å². The highest BCUT2D eigenvalue weighted by molar-refractivity contribution is 6.80. The highest BCUT2D eigenvalue weighted by Crippen LogP contribution is 2.49. The van der Waals surface area contributed by atoms with Gasteiger partial charge < -0.3 is 0 Å². The summed E-state index contributed by atoms with van der Waals surface area (Å²) in [4.78, 5) is 0. The molecule has 2 unspecified atom stereocenters. The summed E-state index contributed by atoms with van der Waals surface area (Å²) in [6, 6.07) is 22.3. The summed E-state index contributed by atoms with van der Waals surface area (Å²) < 4.78 is 0. The maximum Gasteiger partial charge on any atom is 0.0627 e. The Morgan fingerprint density at radius 3 is 1.42 bits per heavy atom. The smallest absolute Gasteiger partial charge is 0.0627 e. The topological polar surface area (TPSA) is 0 Å². The SMILES string of the molecule is C[Si]1(C)C(c2ccccc2)CCC1c1ccccc1. The molecule has 2 aromatic rings. The molecule has 0 bridgehead atoms. The lowest BCUT2D eigenvalue weighted by molar-refractivity contribution is 0.765. The molecule has 0 amide bonds. The van der Waals surface area contributed by atoms with Crippen molar-refractivity contribution in [3.05, 3.63) is 71.8 Å². The summed E-state index contributed by atoms with van der Waals surface area (Å²) >= 11 is 0. The highest BCUT2D eigenvalue weighted by atomic mass is 28.3. The van der Waals surface area contributed by atoms with Crippen molar-refractivity contribution in [1.82, 2.24) is 0 Å². The van der Waals surface area contributed by atoms with Gasteiger partial charge in [0.05, 0.1) is 8.07 Å². The van der Waals surface area contributed by atoms with Crippen molar-refractivity contribution in [3.8, 4) is 0 Å². The Morgan fingerprint density at radius 2 is 1.05 bits per heavy atom. The molecule has 2 aromatic carbocycles. The monoisotopic (exact) mass is 266 g/mol. The van der Waals surface area contributed by atoms with Crippen LogP contribution in [0.1, 0.15) is 35.1 Å². The molecule has 0 N–H and O–H groups in total. The van der Waals surface area contributed by atoms with Gasteiger partial charge in [0.1, 0.15) is 0 Å². The van der Waals surface area contributed by atoms with Gasteiger partial charge >= 0.3 is 0 Å². The Bertz CT molecular complexity index is 481. The number of benzene rings is 2. The van der Waals surface area contributed by atoms with Crippen LogP contribution in [0.5, 0.6) is 0 Å². The minimum absolute atomic E-state index is 0.818. The molecule has 3 rings (SSSR count). The second-order valence-electron chi connectivity index (χ2n) is 6.33. The molecule has 98 valence electrons. The van der Waals surface area contributed by atoms with E-state index in [1.165, 1.54) is 12.8 Å². The van der Waals surface area contributed by atoms with Crippen molar-refractivity contribution in [2.75, 3.05) is 0 Å². The van der Waals surface area contributed by atoms with Gasteiger partial charge in [-0.15, -0.1) is 0 Å². The van der Waals surface area contributed by atoms with Crippen molar-refractivity contribution < 1.29 is 0 Å². The van der Waals surface area contributed by atoms with E-state index in [2.05, 4.69) is 73.8 Å². The molecule has 2 atom stereocenters. The summed E-state index contributed by atoms with van der Waals surface area (Å²) in [5.74, 6) is 0. The zero-order valence-electron chi connectivity index (χ0n) is 11.8. The quantitative estimate of drug-likeness (QED) is 0.661. The van der Waals surface area contributed by atoms with Crippen molar-refractivity contribution in [1.29, 1.82) is 0 Å². The van der Waals surface area contributed by atoms with Gasteiger partial charge in [-0.05, 0) is 35.1 Å². The molecule has 0 aromatic heterocycles. The van der Waals surface area contributed by atoms with Gasteiger partial charge in [-0.1, -0.05) is 73.8 Å².